The largest absolute Gasteiger partial charge is 0.355 e. The van der Waals surface area contributed by atoms with Crippen molar-refractivity contribution in [2.45, 2.75) is 31.7 Å². The fourth-order valence-corrected chi connectivity index (χ4v) is 3.65. The highest BCUT2D eigenvalue weighted by molar-refractivity contribution is 9.10. The van der Waals surface area contributed by atoms with Crippen LogP contribution < -0.4 is 10.2 Å². The molecule has 0 bridgehead atoms. The average molecular weight is 311 g/mol. The monoisotopic (exact) mass is 310 g/mol. The van der Waals surface area contributed by atoms with Crippen LogP contribution in [0, 0.1) is 5.92 Å². The zero-order valence-electron chi connectivity index (χ0n) is 10.5. The van der Waals surface area contributed by atoms with Gasteiger partial charge in [0.05, 0.1) is 4.47 Å². The van der Waals surface area contributed by atoms with Crippen LogP contribution in [0.4, 0.5) is 5.82 Å². The van der Waals surface area contributed by atoms with Crippen molar-refractivity contribution in [3.8, 4) is 0 Å². The van der Waals surface area contributed by atoms with E-state index >= 15 is 0 Å². The van der Waals surface area contributed by atoms with E-state index in [4.69, 9.17) is 0 Å². The van der Waals surface area contributed by atoms with Crippen molar-refractivity contribution in [1.82, 2.24) is 15.3 Å². The van der Waals surface area contributed by atoms with Crippen LogP contribution in [0.15, 0.2) is 17.0 Å². The zero-order chi connectivity index (χ0) is 12.4. The fourth-order valence-electron chi connectivity index (χ4n) is 3.18. The van der Waals surface area contributed by atoms with Crippen LogP contribution in [0.2, 0.25) is 0 Å². The molecule has 2 saturated heterocycles. The summed E-state index contributed by atoms with van der Waals surface area (Å²) in [5, 5.41) is 3.64. The molecule has 2 aliphatic heterocycles. The maximum absolute atomic E-state index is 4.41. The molecule has 4 nitrogen and oxygen atoms in total. The van der Waals surface area contributed by atoms with Crippen molar-refractivity contribution in [2.24, 2.45) is 5.92 Å². The van der Waals surface area contributed by atoms with Crippen LogP contribution in [-0.4, -0.2) is 35.6 Å². The van der Waals surface area contributed by atoms with E-state index in [1.165, 1.54) is 32.2 Å². The van der Waals surface area contributed by atoms with E-state index in [-0.39, 0.29) is 0 Å². The molecule has 2 aliphatic rings. The number of aromatic nitrogens is 2. The Bertz CT molecular complexity index is 406. The van der Waals surface area contributed by atoms with Crippen molar-refractivity contribution >= 4 is 21.7 Å². The van der Waals surface area contributed by atoms with Gasteiger partial charge in [0, 0.05) is 25.3 Å². The van der Waals surface area contributed by atoms with Crippen LogP contribution in [0.3, 0.4) is 0 Å². The number of rotatable bonds is 2. The molecule has 5 heteroatoms. The summed E-state index contributed by atoms with van der Waals surface area (Å²) in [6.07, 6.45) is 8.75. The van der Waals surface area contributed by atoms with Gasteiger partial charge >= 0.3 is 0 Å². The van der Waals surface area contributed by atoms with Gasteiger partial charge in [-0.1, -0.05) is 0 Å². The second-order valence-electron chi connectivity index (χ2n) is 5.25. The normalized spacial score (nSPS) is 28.6. The van der Waals surface area contributed by atoms with E-state index in [1.54, 1.807) is 6.33 Å². The van der Waals surface area contributed by atoms with Gasteiger partial charge in [0.25, 0.3) is 0 Å². The first kappa shape index (κ1) is 12.4. The van der Waals surface area contributed by atoms with Crippen molar-refractivity contribution < 1.29 is 0 Å². The van der Waals surface area contributed by atoms with E-state index in [9.17, 15) is 0 Å². The minimum Gasteiger partial charge on any atom is -0.355 e. The van der Waals surface area contributed by atoms with Crippen LogP contribution in [0.1, 0.15) is 25.7 Å². The van der Waals surface area contributed by atoms with Gasteiger partial charge in [-0.3, -0.25) is 0 Å². The molecule has 2 fully saturated rings. The number of hydrogen-bond donors (Lipinski definition) is 1. The summed E-state index contributed by atoms with van der Waals surface area (Å²) < 4.78 is 1.00. The molecule has 1 aromatic heterocycles. The molecule has 0 amide bonds. The lowest BCUT2D eigenvalue weighted by Gasteiger charge is -2.36. The SMILES string of the molecule is Brc1cncnc1N1CCCC(C2CCCN2)C1. The minimum atomic E-state index is 0.716. The van der Waals surface area contributed by atoms with Crippen LogP contribution >= 0.6 is 15.9 Å². The zero-order valence-corrected chi connectivity index (χ0v) is 12.1. The first-order chi connectivity index (χ1) is 8.84. The standard InChI is InChI=1S/C13H19BrN4/c14-11-7-15-9-17-13(11)18-6-2-3-10(8-18)12-4-1-5-16-12/h7,9-10,12,16H,1-6,8H2. The minimum absolute atomic E-state index is 0.716. The molecule has 3 heterocycles. The number of anilines is 1. The molecule has 98 valence electrons. The summed E-state index contributed by atoms with van der Waals surface area (Å²) in [7, 11) is 0. The van der Waals surface area contributed by atoms with Gasteiger partial charge in [-0.05, 0) is 54.1 Å². The Hall–Kier alpha value is -0.680. The Balaban J connectivity index is 1.72. The number of hydrogen-bond acceptors (Lipinski definition) is 4. The smallest absolute Gasteiger partial charge is 0.146 e. The van der Waals surface area contributed by atoms with Gasteiger partial charge < -0.3 is 10.2 Å². The molecule has 0 aromatic carbocycles. The van der Waals surface area contributed by atoms with Gasteiger partial charge in [-0.25, -0.2) is 9.97 Å². The third kappa shape index (κ3) is 2.52. The predicted octanol–water partition coefficient (Wildman–Crippen LogP) is 2.21. The van der Waals surface area contributed by atoms with Crippen LogP contribution in [-0.2, 0) is 0 Å². The fraction of sp³-hybridized carbons (Fsp3) is 0.692. The second-order valence-corrected chi connectivity index (χ2v) is 6.10. The second kappa shape index (κ2) is 5.53. The summed E-state index contributed by atoms with van der Waals surface area (Å²) >= 11 is 3.55. The van der Waals surface area contributed by atoms with Crippen molar-refractivity contribution in [3.05, 3.63) is 17.0 Å². The van der Waals surface area contributed by atoms with E-state index in [1.807, 2.05) is 6.20 Å². The van der Waals surface area contributed by atoms with Crippen molar-refractivity contribution in [1.29, 1.82) is 0 Å². The molecule has 2 unspecified atom stereocenters. The first-order valence-corrected chi connectivity index (χ1v) is 7.58. The van der Waals surface area contributed by atoms with Gasteiger partial charge in [0.2, 0.25) is 0 Å². The highest BCUT2D eigenvalue weighted by Gasteiger charge is 2.29. The van der Waals surface area contributed by atoms with Gasteiger partial charge in [0.1, 0.15) is 12.1 Å². The topological polar surface area (TPSA) is 41.1 Å². The third-order valence-corrected chi connectivity index (χ3v) is 4.63. The Morgan fingerprint density at radius 1 is 1.33 bits per heavy atom. The highest BCUT2D eigenvalue weighted by atomic mass is 79.9. The van der Waals surface area contributed by atoms with Crippen LogP contribution in [0.25, 0.3) is 0 Å². The summed E-state index contributed by atoms with van der Waals surface area (Å²) in [6, 6.07) is 0.716. The Kier molecular flexibility index (Phi) is 3.80. The molecule has 0 radical (unpaired) electrons. The van der Waals surface area contributed by atoms with E-state index in [2.05, 4.69) is 36.1 Å². The molecule has 3 rings (SSSR count). The van der Waals surface area contributed by atoms with E-state index < -0.39 is 0 Å². The molecular formula is C13H19BrN4. The quantitative estimate of drug-likeness (QED) is 0.909. The lowest BCUT2D eigenvalue weighted by molar-refractivity contribution is 0.327. The Labute approximate surface area is 116 Å². The average Bonchev–Trinajstić information content (AvgIpc) is 2.93. The first-order valence-electron chi connectivity index (χ1n) is 6.78. The van der Waals surface area contributed by atoms with Crippen molar-refractivity contribution in [2.75, 3.05) is 24.5 Å². The summed E-state index contributed by atoms with van der Waals surface area (Å²) in [6.45, 7) is 3.42. The Morgan fingerprint density at radius 3 is 3.06 bits per heavy atom. The van der Waals surface area contributed by atoms with Gasteiger partial charge in [-0.2, -0.15) is 0 Å². The maximum Gasteiger partial charge on any atom is 0.146 e. The molecule has 18 heavy (non-hydrogen) atoms. The summed E-state index contributed by atoms with van der Waals surface area (Å²) in [5.41, 5.74) is 0. The van der Waals surface area contributed by atoms with E-state index in [0.29, 0.717) is 6.04 Å². The van der Waals surface area contributed by atoms with Crippen molar-refractivity contribution in [3.63, 3.8) is 0 Å². The van der Waals surface area contributed by atoms with E-state index in [0.717, 1.165) is 29.3 Å². The number of nitrogens with one attached hydrogen (secondary N) is 1. The Morgan fingerprint density at radius 2 is 2.28 bits per heavy atom. The number of halogens is 1. The summed E-state index contributed by atoms with van der Waals surface area (Å²) in [4.78, 5) is 10.9. The molecule has 1 N–H and O–H groups in total. The molecular weight excluding hydrogens is 292 g/mol. The molecule has 0 spiro atoms. The molecule has 1 aromatic rings. The van der Waals surface area contributed by atoms with Gasteiger partial charge in [-0.15, -0.1) is 0 Å². The lowest BCUT2D eigenvalue weighted by atomic mass is 9.90. The van der Waals surface area contributed by atoms with Gasteiger partial charge in [0.15, 0.2) is 0 Å². The maximum atomic E-state index is 4.41. The molecule has 2 atom stereocenters. The summed E-state index contributed by atoms with van der Waals surface area (Å²) in [5.74, 6) is 1.82. The molecule has 0 saturated carbocycles. The lowest BCUT2D eigenvalue weighted by Crippen LogP contribution is -2.44. The highest BCUT2D eigenvalue weighted by Crippen LogP contribution is 2.30. The predicted molar refractivity (Wildman–Crippen MR) is 75.7 cm³/mol. The van der Waals surface area contributed by atoms with Crippen LogP contribution in [0.5, 0.6) is 0 Å². The third-order valence-electron chi connectivity index (χ3n) is 4.07. The number of piperidine rings is 1. The number of nitrogens with zero attached hydrogens (tertiary/aromatic N) is 3. The molecule has 0 aliphatic carbocycles.